The maximum absolute atomic E-state index is 12.3. The number of ether oxygens (including phenoxy) is 2. The van der Waals surface area contributed by atoms with E-state index in [1.54, 1.807) is 0 Å². The number of sulfonamides is 1. The lowest BCUT2D eigenvalue weighted by molar-refractivity contribution is -0.385. The number of aliphatic imine (C=N–C) groups is 1. The summed E-state index contributed by atoms with van der Waals surface area (Å²) in [6, 6.07) is 4.92. The third kappa shape index (κ3) is 10.1. The second kappa shape index (κ2) is 14.5. The highest BCUT2D eigenvalue weighted by molar-refractivity contribution is 14.0. The Bertz CT molecular complexity index is 817. The third-order valence-electron chi connectivity index (χ3n) is 4.21. The van der Waals surface area contributed by atoms with E-state index >= 15 is 0 Å². The van der Waals surface area contributed by atoms with Gasteiger partial charge >= 0.3 is 0 Å². The highest BCUT2D eigenvalue weighted by Crippen LogP contribution is 2.16. The molecule has 13 heteroatoms. The van der Waals surface area contributed by atoms with Gasteiger partial charge in [-0.05, 0) is 25.8 Å². The molecule has 1 aliphatic rings. The number of halogens is 1. The van der Waals surface area contributed by atoms with Gasteiger partial charge < -0.3 is 20.1 Å². The van der Waals surface area contributed by atoms with Crippen LogP contribution in [0.5, 0.6) is 0 Å². The van der Waals surface area contributed by atoms with E-state index in [2.05, 4.69) is 20.3 Å². The topological polar surface area (TPSA) is 144 Å². The van der Waals surface area contributed by atoms with Crippen LogP contribution in [0.15, 0.2) is 34.2 Å². The molecule has 3 N–H and O–H groups in total. The monoisotopic (exact) mass is 571 g/mol. The normalized spacial score (nSPS) is 16.5. The first-order valence-electron chi connectivity index (χ1n) is 9.88. The van der Waals surface area contributed by atoms with Crippen LogP contribution in [0.1, 0.15) is 19.8 Å². The molecule has 1 aromatic carbocycles. The van der Waals surface area contributed by atoms with E-state index in [0.29, 0.717) is 38.8 Å². The highest BCUT2D eigenvalue weighted by Gasteiger charge is 2.17. The molecule has 0 amide bonds. The second-order valence-electron chi connectivity index (χ2n) is 6.55. The predicted molar refractivity (Wildman–Crippen MR) is 127 cm³/mol. The van der Waals surface area contributed by atoms with Crippen molar-refractivity contribution in [2.75, 3.05) is 46.0 Å². The standard InChI is InChI=1S/C18H29N5O6S.HI/c1-2-19-18(20-8-4-11-29-16-7-12-28-14-16)21-9-10-22-30(26,27)17-6-3-5-15(13-17)23(24)25;/h3,5-6,13,16,22H,2,4,7-12,14H2,1H3,(H2,19,20,21);1H. The summed E-state index contributed by atoms with van der Waals surface area (Å²) in [4.78, 5) is 14.5. The lowest BCUT2D eigenvalue weighted by atomic mass is 10.3. The summed E-state index contributed by atoms with van der Waals surface area (Å²) in [7, 11) is -3.84. The van der Waals surface area contributed by atoms with Gasteiger partial charge in [0.05, 0.1) is 22.5 Å². The van der Waals surface area contributed by atoms with Crippen LogP contribution in [0.3, 0.4) is 0 Å². The Morgan fingerprint density at radius 1 is 1.35 bits per heavy atom. The van der Waals surface area contributed by atoms with E-state index in [9.17, 15) is 18.5 Å². The number of hydrogen-bond acceptors (Lipinski definition) is 7. The number of benzene rings is 1. The maximum atomic E-state index is 12.3. The molecule has 1 unspecified atom stereocenters. The minimum atomic E-state index is -3.84. The van der Waals surface area contributed by atoms with Gasteiger partial charge in [0.2, 0.25) is 10.0 Å². The zero-order valence-electron chi connectivity index (χ0n) is 17.4. The number of hydrogen-bond donors (Lipinski definition) is 3. The van der Waals surface area contributed by atoms with Crippen molar-refractivity contribution in [3.63, 3.8) is 0 Å². The lowest BCUT2D eigenvalue weighted by Gasteiger charge is -2.12. The van der Waals surface area contributed by atoms with Crippen LogP contribution < -0.4 is 15.4 Å². The largest absolute Gasteiger partial charge is 0.379 e. The molecule has 1 aliphatic heterocycles. The minimum absolute atomic E-state index is 0. The van der Waals surface area contributed by atoms with Gasteiger partial charge in [-0.15, -0.1) is 24.0 Å². The molecule has 176 valence electrons. The number of nitro benzene ring substituents is 1. The van der Waals surface area contributed by atoms with Crippen molar-refractivity contribution in [2.24, 2.45) is 4.99 Å². The number of nitrogens with one attached hydrogen (secondary N) is 3. The molecule has 31 heavy (non-hydrogen) atoms. The van der Waals surface area contributed by atoms with E-state index < -0.39 is 14.9 Å². The molecule has 1 heterocycles. The Labute approximate surface area is 199 Å². The fourth-order valence-electron chi connectivity index (χ4n) is 2.71. The van der Waals surface area contributed by atoms with Gasteiger partial charge in [0.15, 0.2) is 5.96 Å². The molecular formula is C18H30IN5O6S. The van der Waals surface area contributed by atoms with Crippen molar-refractivity contribution in [3.05, 3.63) is 34.4 Å². The Balaban J connectivity index is 0.00000480. The zero-order valence-corrected chi connectivity index (χ0v) is 20.6. The van der Waals surface area contributed by atoms with Crippen LogP contribution in [-0.4, -0.2) is 71.4 Å². The van der Waals surface area contributed by atoms with Crippen LogP contribution in [0, 0.1) is 10.1 Å². The summed E-state index contributed by atoms with van der Waals surface area (Å²) in [6.45, 7) is 5.59. The van der Waals surface area contributed by atoms with Crippen molar-refractivity contribution in [1.29, 1.82) is 0 Å². The molecule has 0 aliphatic carbocycles. The van der Waals surface area contributed by atoms with Gasteiger partial charge in [0.25, 0.3) is 5.69 Å². The van der Waals surface area contributed by atoms with E-state index in [0.717, 1.165) is 25.5 Å². The summed E-state index contributed by atoms with van der Waals surface area (Å²) in [5.74, 6) is 0.580. The average molecular weight is 571 g/mol. The van der Waals surface area contributed by atoms with E-state index in [1.807, 2.05) is 6.92 Å². The number of non-ortho nitro benzene ring substituents is 1. The Hall–Kier alpha value is -1.55. The van der Waals surface area contributed by atoms with E-state index in [1.165, 1.54) is 18.2 Å². The van der Waals surface area contributed by atoms with Gasteiger partial charge in [0, 0.05) is 51.5 Å². The van der Waals surface area contributed by atoms with Crippen LogP contribution in [0.4, 0.5) is 5.69 Å². The molecule has 0 spiro atoms. The van der Waals surface area contributed by atoms with E-state index in [-0.39, 0.29) is 47.2 Å². The van der Waals surface area contributed by atoms with Gasteiger partial charge in [-0.3, -0.25) is 15.1 Å². The second-order valence-corrected chi connectivity index (χ2v) is 8.32. The summed E-state index contributed by atoms with van der Waals surface area (Å²) < 4.78 is 38.0. The first-order chi connectivity index (χ1) is 14.4. The number of rotatable bonds is 12. The number of nitro groups is 1. The number of guanidine groups is 1. The van der Waals surface area contributed by atoms with Crippen LogP contribution in [0.2, 0.25) is 0 Å². The smallest absolute Gasteiger partial charge is 0.270 e. The third-order valence-corrected chi connectivity index (χ3v) is 5.67. The molecule has 1 fully saturated rings. The Morgan fingerprint density at radius 2 is 2.16 bits per heavy atom. The zero-order chi connectivity index (χ0) is 21.8. The van der Waals surface area contributed by atoms with Gasteiger partial charge in [-0.1, -0.05) is 6.07 Å². The van der Waals surface area contributed by atoms with Crippen LogP contribution >= 0.6 is 24.0 Å². The van der Waals surface area contributed by atoms with Gasteiger partial charge in [-0.25, -0.2) is 13.1 Å². The lowest BCUT2D eigenvalue weighted by Crippen LogP contribution is -2.41. The van der Waals surface area contributed by atoms with Gasteiger partial charge in [-0.2, -0.15) is 0 Å². The summed E-state index contributed by atoms with van der Waals surface area (Å²) in [5.41, 5.74) is -0.276. The highest BCUT2D eigenvalue weighted by atomic mass is 127. The average Bonchev–Trinajstić information content (AvgIpc) is 3.24. The number of nitrogens with zero attached hydrogens (tertiary/aromatic N) is 2. The molecule has 0 saturated carbocycles. The van der Waals surface area contributed by atoms with E-state index in [4.69, 9.17) is 9.47 Å². The molecule has 0 bridgehead atoms. The van der Waals surface area contributed by atoms with Crippen molar-refractivity contribution in [3.8, 4) is 0 Å². The summed E-state index contributed by atoms with van der Waals surface area (Å²) in [6.07, 6.45) is 1.88. The van der Waals surface area contributed by atoms with Crippen molar-refractivity contribution < 1.29 is 22.8 Å². The quantitative estimate of drug-likeness (QED) is 0.0850. The van der Waals surface area contributed by atoms with Crippen molar-refractivity contribution >= 4 is 45.6 Å². The molecule has 1 atom stereocenters. The fourth-order valence-corrected chi connectivity index (χ4v) is 3.78. The molecule has 11 nitrogen and oxygen atoms in total. The SMILES string of the molecule is CCNC(=NCCCOC1CCOC1)NCCNS(=O)(=O)c1cccc([N+](=O)[O-])c1.I. The summed E-state index contributed by atoms with van der Waals surface area (Å²) >= 11 is 0. The molecule has 0 aromatic heterocycles. The predicted octanol–water partition coefficient (Wildman–Crippen LogP) is 1.24. The van der Waals surface area contributed by atoms with Crippen LogP contribution in [-0.2, 0) is 19.5 Å². The Morgan fingerprint density at radius 3 is 2.84 bits per heavy atom. The Kier molecular flexibility index (Phi) is 12.9. The van der Waals surface area contributed by atoms with Gasteiger partial charge in [0.1, 0.15) is 0 Å². The molecule has 0 radical (unpaired) electrons. The minimum Gasteiger partial charge on any atom is -0.379 e. The maximum Gasteiger partial charge on any atom is 0.270 e. The first-order valence-corrected chi connectivity index (χ1v) is 11.4. The summed E-state index contributed by atoms with van der Waals surface area (Å²) in [5, 5.41) is 17.0. The molecular weight excluding hydrogens is 541 g/mol. The van der Waals surface area contributed by atoms with Crippen molar-refractivity contribution in [1.82, 2.24) is 15.4 Å². The van der Waals surface area contributed by atoms with Crippen molar-refractivity contribution in [2.45, 2.75) is 30.8 Å². The molecule has 1 aromatic rings. The molecule has 2 rings (SSSR count). The molecule has 1 saturated heterocycles. The van der Waals surface area contributed by atoms with Crippen LogP contribution in [0.25, 0.3) is 0 Å². The first kappa shape index (κ1) is 27.5. The fraction of sp³-hybridized carbons (Fsp3) is 0.611.